The summed E-state index contributed by atoms with van der Waals surface area (Å²) in [6.45, 7) is 1.23. The molecule has 1 saturated heterocycles. The number of hydrogen-bond donors (Lipinski definition) is 1. The Balaban J connectivity index is 2.15. The fraction of sp³-hybridized carbons (Fsp3) is 0.600. The summed E-state index contributed by atoms with van der Waals surface area (Å²) < 4.78 is 17.6. The summed E-state index contributed by atoms with van der Waals surface area (Å²) in [6, 6.07) is 8.32. The topological polar surface area (TPSA) is 35.2 Å². The molecule has 2 rings (SSSR count). The van der Waals surface area contributed by atoms with Gasteiger partial charge in [-0.2, -0.15) is 0 Å². The van der Waals surface area contributed by atoms with Crippen LogP contribution in [-0.4, -0.2) is 19.9 Å². The predicted molar refractivity (Wildman–Crippen MR) is 71.3 cm³/mol. The molecule has 0 spiro atoms. The predicted octanol–water partition coefficient (Wildman–Crippen LogP) is 2.94. The summed E-state index contributed by atoms with van der Waals surface area (Å²) in [4.78, 5) is 0. The van der Waals surface area contributed by atoms with E-state index in [1.807, 2.05) is 12.1 Å². The molecular formula is C15H22FNO. The lowest BCUT2D eigenvalue weighted by molar-refractivity contribution is 0.0519. The molecule has 0 radical (unpaired) electrons. The first-order valence-electron chi connectivity index (χ1n) is 6.77. The minimum absolute atomic E-state index is 0.232. The zero-order valence-electron chi connectivity index (χ0n) is 10.8. The molecule has 2 nitrogen and oxygen atoms in total. The first-order valence-corrected chi connectivity index (χ1v) is 6.77. The highest BCUT2D eigenvalue weighted by molar-refractivity contribution is 5.34. The highest BCUT2D eigenvalue weighted by Crippen LogP contribution is 2.32. The molecule has 18 heavy (non-hydrogen) atoms. The van der Waals surface area contributed by atoms with Gasteiger partial charge in [-0.05, 0) is 43.2 Å². The van der Waals surface area contributed by atoms with Crippen molar-refractivity contribution in [1.82, 2.24) is 0 Å². The minimum Gasteiger partial charge on any atom is -0.381 e. The summed E-state index contributed by atoms with van der Waals surface area (Å²) in [5.74, 6) is 0. The largest absolute Gasteiger partial charge is 0.381 e. The van der Waals surface area contributed by atoms with Gasteiger partial charge in [0.15, 0.2) is 0 Å². The van der Waals surface area contributed by atoms with Crippen molar-refractivity contribution >= 4 is 0 Å². The molecule has 0 aromatic heterocycles. The summed E-state index contributed by atoms with van der Waals surface area (Å²) in [7, 11) is 0. The second-order valence-corrected chi connectivity index (χ2v) is 5.07. The van der Waals surface area contributed by atoms with Gasteiger partial charge in [0, 0.05) is 18.8 Å². The van der Waals surface area contributed by atoms with Crippen LogP contribution in [0.5, 0.6) is 0 Å². The summed E-state index contributed by atoms with van der Waals surface area (Å²) >= 11 is 0. The highest BCUT2D eigenvalue weighted by Gasteiger charge is 2.31. The van der Waals surface area contributed by atoms with Crippen LogP contribution in [0.4, 0.5) is 4.39 Å². The van der Waals surface area contributed by atoms with E-state index in [0.29, 0.717) is 6.42 Å². The Hall–Kier alpha value is -0.930. The third-order valence-corrected chi connectivity index (χ3v) is 3.77. The maximum absolute atomic E-state index is 12.2. The second-order valence-electron chi connectivity index (χ2n) is 5.07. The fourth-order valence-corrected chi connectivity index (χ4v) is 2.64. The highest BCUT2D eigenvalue weighted by atomic mass is 19.1. The first kappa shape index (κ1) is 13.5. The SMILES string of the molecule is NC1(c2ccccc2CCCCF)CCOCC1. The van der Waals surface area contributed by atoms with Crippen molar-refractivity contribution in [2.45, 2.75) is 37.6 Å². The third-order valence-electron chi connectivity index (χ3n) is 3.77. The Labute approximate surface area is 108 Å². The number of unbranched alkanes of at least 4 members (excludes halogenated alkanes) is 1. The van der Waals surface area contributed by atoms with Gasteiger partial charge in [-0.3, -0.25) is 4.39 Å². The average Bonchev–Trinajstić information content (AvgIpc) is 2.40. The number of aryl methyl sites for hydroxylation is 1. The normalized spacial score (nSPS) is 18.8. The van der Waals surface area contributed by atoms with E-state index >= 15 is 0 Å². The molecule has 0 unspecified atom stereocenters. The van der Waals surface area contributed by atoms with E-state index in [4.69, 9.17) is 10.5 Å². The number of hydrogen-bond acceptors (Lipinski definition) is 2. The van der Waals surface area contributed by atoms with Crippen LogP contribution < -0.4 is 5.73 Å². The van der Waals surface area contributed by atoms with Gasteiger partial charge in [0.1, 0.15) is 0 Å². The Bertz CT molecular complexity index is 375. The lowest BCUT2D eigenvalue weighted by Crippen LogP contribution is -2.42. The van der Waals surface area contributed by atoms with Crippen LogP contribution in [-0.2, 0) is 16.7 Å². The van der Waals surface area contributed by atoms with Crippen LogP contribution >= 0.6 is 0 Å². The van der Waals surface area contributed by atoms with Gasteiger partial charge in [-0.15, -0.1) is 0 Å². The minimum atomic E-state index is -0.259. The lowest BCUT2D eigenvalue weighted by atomic mass is 9.80. The van der Waals surface area contributed by atoms with Crippen molar-refractivity contribution in [3.63, 3.8) is 0 Å². The maximum Gasteiger partial charge on any atom is 0.0894 e. The Kier molecular flexibility index (Phi) is 4.72. The van der Waals surface area contributed by atoms with E-state index in [1.54, 1.807) is 0 Å². The van der Waals surface area contributed by atoms with Crippen LogP contribution in [0, 0.1) is 0 Å². The number of nitrogens with two attached hydrogens (primary N) is 1. The van der Waals surface area contributed by atoms with Crippen molar-refractivity contribution in [2.24, 2.45) is 5.73 Å². The van der Waals surface area contributed by atoms with Crippen molar-refractivity contribution in [3.8, 4) is 0 Å². The standard InChI is InChI=1S/C15H22FNO/c16-10-4-3-6-13-5-1-2-7-14(13)15(17)8-11-18-12-9-15/h1-2,5,7H,3-4,6,8-12,17H2. The Morgan fingerprint density at radius 1 is 1.17 bits per heavy atom. The van der Waals surface area contributed by atoms with Crippen LogP contribution in [0.1, 0.15) is 36.8 Å². The Morgan fingerprint density at radius 2 is 1.89 bits per heavy atom. The van der Waals surface area contributed by atoms with Gasteiger partial charge in [-0.1, -0.05) is 24.3 Å². The molecule has 100 valence electrons. The van der Waals surface area contributed by atoms with E-state index in [2.05, 4.69) is 12.1 Å². The van der Waals surface area contributed by atoms with Gasteiger partial charge in [0.2, 0.25) is 0 Å². The molecule has 0 saturated carbocycles. The van der Waals surface area contributed by atoms with Crippen LogP contribution in [0.2, 0.25) is 0 Å². The molecule has 1 aliphatic rings. The molecule has 0 atom stereocenters. The zero-order chi connectivity index (χ0) is 12.8. The fourth-order valence-electron chi connectivity index (χ4n) is 2.64. The van der Waals surface area contributed by atoms with Crippen LogP contribution in [0.15, 0.2) is 24.3 Å². The number of alkyl halides is 1. The summed E-state index contributed by atoms with van der Waals surface area (Å²) in [5, 5.41) is 0. The summed E-state index contributed by atoms with van der Waals surface area (Å²) in [6.07, 6.45) is 4.18. The molecular weight excluding hydrogens is 229 g/mol. The molecule has 1 aromatic rings. The van der Waals surface area contributed by atoms with Gasteiger partial charge < -0.3 is 10.5 Å². The lowest BCUT2D eigenvalue weighted by Gasteiger charge is -2.35. The maximum atomic E-state index is 12.2. The monoisotopic (exact) mass is 251 g/mol. The Morgan fingerprint density at radius 3 is 2.61 bits per heavy atom. The number of rotatable bonds is 5. The van der Waals surface area contributed by atoms with Crippen molar-refractivity contribution in [3.05, 3.63) is 35.4 Å². The van der Waals surface area contributed by atoms with Crippen LogP contribution in [0.3, 0.4) is 0 Å². The molecule has 2 N–H and O–H groups in total. The van der Waals surface area contributed by atoms with Crippen molar-refractivity contribution in [2.75, 3.05) is 19.9 Å². The van der Waals surface area contributed by atoms with Crippen LogP contribution in [0.25, 0.3) is 0 Å². The molecule has 1 aromatic carbocycles. The number of benzene rings is 1. The van der Waals surface area contributed by atoms with E-state index < -0.39 is 0 Å². The van der Waals surface area contributed by atoms with E-state index in [0.717, 1.165) is 38.9 Å². The quantitative estimate of drug-likeness (QED) is 0.817. The molecule has 1 heterocycles. The first-order chi connectivity index (χ1) is 8.76. The second kappa shape index (κ2) is 6.30. The molecule has 0 bridgehead atoms. The summed E-state index contributed by atoms with van der Waals surface area (Å²) in [5.41, 5.74) is 8.77. The van der Waals surface area contributed by atoms with Crippen molar-refractivity contribution in [1.29, 1.82) is 0 Å². The van der Waals surface area contributed by atoms with Gasteiger partial charge in [0.25, 0.3) is 0 Å². The zero-order valence-corrected chi connectivity index (χ0v) is 10.8. The smallest absolute Gasteiger partial charge is 0.0894 e. The van der Waals surface area contributed by atoms with Gasteiger partial charge >= 0.3 is 0 Å². The third kappa shape index (κ3) is 3.09. The molecule has 0 amide bonds. The molecule has 3 heteroatoms. The molecule has 1 fully saturated rings. The van der Waals surface area contributed by atoms with E-state index in [1.165, 1.54) is 11.1 Å². The molecule has 1 aliphatic heterocycles. The van der Waals surface area contributed by atoms with Gasteiger partial charge in [-0.25, -0.2) is 0 Å². The number of ether oxygens (including phenoxy) is 1. The molecule has 0 aliphatic carbocycles. The van der Waals surface area contributed by atoms with E-state index in [9.17, 15) is 4.39 Å². The van der Waals surface area contributed by atoms with Gasteiger partial charge in [0.05, 0.1) is 6.67 Å². The number of halogens is 1. The van der Waals surface area contributed by atoms with E-state index in [-0.39, 0.29) is 12.2 Å². The van der Waals surface area contributed by atoms with Crippen molar-refractivity contribution < 1.29 is 9.13 Å². The average molecular weight is 251 g/mol.